The number of nitrogens with one attached hydrogen (secondary N) is 1. The fourth-order valence-corrected chi connectivity index (χ4v) is 2.85. The first kappa shape index (κ1) is 12.7. The van der Waals surface area contributed by atoms with Gasteiger partial charge < -0.3 is 9.73 Å². The largest absolute Gasteiger partial charge is 0.440 e. The van der Waals surface area contributed by atoms with E-state index in [9.17, 15) is 0 Å². The number of nitrogens with zero attached hydrogens (tertiary/aromatic N) is 1. The normalized spacial score (nSPS) is 10.9. The highest BCUT2D eigenvalue weighted by atomic mass is 32.2. The number of hydrogen-bond acceptors (Lipinski definition) is 5. The van der Waals surface area contributed by atoms with Gasteiger partial charge in [-0.15, -0.1) is 0 Å². The molecule has 2 aromatic rings. The monoisotopic (exact) mass is 268 g/mol. The molecule has 0 fully saturated rings. The quantitative estimate of drug-likeness (QED) is 0.619. The van der Waals surface area contributed by atoms with Gasteiger partial charge in [0.1, 0.15) is 6.26 Å². The van der Waals surface area contributed by atoms with Gasteiger partial charge in [-0.1, -0.05) is 11.8 Å². The molecule has 0 aliphatic heterocycles. The van der Waals surface area contributed by atoms with Gasteiger partial charge in [-0.05, 0) is 42.3 Å². The Labute approximate surface area is 110 Å². The lowest BCUT2D eigenvalue weighted by Gasteiger charge is -2.01. The summed E-state index contributed by atoms with van der Waals surface area (Å²) in [5.41, 5.74) is 2.36. The maximum atomic E-state index is 5.26. The maximum Gasteiger partial charge on any atom is 0.255 e. The smallest absolute Gasteiger partial charge is 0.255 e. The standard InChI is InChI=1S/C12H16N2OS2/c1-10-8-15-12(14-10)17-7-5-13-4-2-11-3-6-16-9-11/h3,6,8-9,13H,2,4-5,7H2,1H3. The molecule has 0 aromatic carbocycles. The maximum absolute atomic E-state index is 5.26. The molecule has 0 aliphatic rings. The molecule has 0 aliphatic carbocycles. The van der Waals surface area contributed by atoms with Gasteiger partial charge in [-0.3, -0.25) is 0 Å². The fraction of sp³-hybridized carbons (Fsp3) is 0.417. The zero-order valence-corrected chi connectivity index (χ0v) is 11.4. The molecule has 1 N–H and O–H groups in total. The van der Waals surface area contributed by atoms with Crippen LogP contribution in [0.3, 0.4) is 0 Å². The number of thioether (sulfide) groups is 1. The third-order valence-electron chi connectivity index (χ3n) is 2.27. The highest BCUT2D eigenvalue weighted by Gasteiger charge is 2.00. The van der Waals surface area contributed by atoms with Crippen LogP contribution in [0.4, 0.5) is 0 Å². The summed E-state index contributed by atoms with van der Waals surface area (Å²) in [6.45, 7) is 3.95. The van der Waals surface area contributed by atoms with E-state index in [-0.39, 0.29) is 0 Å². The second-order valence-electron chi connectivity index (χ2n) is 3.73. The van der Waals surface area contributed by atoms with Gasteiger partial charge in [0, 0.05) is 12.3 Å². The number of thiophene rings is 1. The van der Waals surface area contributed by atoms with Crippen LogP contribution in [0.25, 0.3) is 0 Å². The average molecular weight is 268 g/mol. The van der Waals surface area contributed by atoms with E-state index in [1.54, 1.807) is 29.4 Å². The lowest BCUT2D eigenvalue weighted by atomic mass is 10.2. The predicted octanol–water partition coefficient (Wildman–Crippen LogP) is 2.97. The van der Waals surface area contributed by atoms with E-state index in [2.05, 4.69) is 27.1 Å². The van der Waals surface area contributed by atoms with Crippen molar-refractivity contribution in [3.8, 4) is 0 Å². The van der Waals surface area contributed by atoms with E-state index in [0.717, 1.165) is 36.2 Å². The number of aryl methyl sites for hydroxylation is 1. The van der Waals surface area contributed by atoms with E-state index < -0.39 is 0 Å². The van der Waals surface area contributed by atoms with Gasteiger partial charge in [0.15, 0.2) is 0 Å². The summed E-state index contributed by atoms with van der Waals surface area (Å²) in [5, 5.41) is 8.50. The molecule has 0 bridgehead atoms. The molecule has 0 amide bonds. The minimum atomic E-state index is 0.766. The second kappa shape index (κ2) is 6.83. The molecular weight excluding hydrogens is 252 g/mol. The summed E-state index contributed by atoms with van der Waals surface area (Å²) >= 11 is 3.41. The van der Waals surface area contributed by atoms with Crippen LogP contribution in [-0.2, 0) is 6.42 Å². The average Bonchev–Trinajstić information content (AvgIpc) is 2.95. The Kier molecular flexibility index (Phi) is 5.09. The second-order valence-corrected chi connectivity index (χ2v) is 5.56. The van der Waals surface area contributed by atoms with Crippen molar-refractivity contribution in [1.82, 2.24) is 10.3 Å². The molecule has 2 rings (SSSR count). The molecule has 0 spiro atoms. The molecule has 0 saturated carbocycles. The first-order chi connectivity index (χ1) is 8.34. The molecule has 2 aromatic heterocycles. The molecule has 0 radical (unpaired) electrons. The van der Waals surface area contributed by atoms with E-state index in [1.165, 1.54) is 5.56 Å². The SMILES string of the molecule is Cc1coc(SCCNCCc2ccsc2)n1. The predicted molar refractivity (Wildman–Crippen MR) is 72.9 cm³/mol. The zero-order valence-electron chi connectivity index (χ0n) is 9.81. The van der Waals surface area contributed by atoms with Crippen molar-refractivity contribution in [3.63, 3.8) is 0 Å². The molecule has 2 heterocycles. The van der Waals surface area contributed by atoms with Gasteiger partial charge in [0.05, 0.1) is 5.69 Å². The topological polar surface area (TPSA) is 38.1 Å². The van der Waals surface area contributed by atoms with Crippen molar-refractivity contribution in [2.45, 2.75) is 18.6 Å². The van der Waals surface area contributed by atoms with Crippen molar-refractivity contribution in [2.75, 3.05) is 18.8 Å². The third kappa shape index (κ3) is 4.53. The van der Waals surface area contributed by atoms with Crippen LogP contribution in [-0.4, -0.2) is 23.8 Å². The summed E-state index contributed by atoms with van der Waals surface area (Å²) in [6, 6.07) is 2.18. The molecule has 0 unspecified atom stereocenters. The minimum absolute atomic E-state index is 0.766. The highest BCUT2D eigenvalue weighted by molar-refractivity contribution is 7.99. The Balaban J connectivity index is 1.52. The Morgan fingerprint density at radius 1 is 1.47 bits per heavy atom. The number of aromatic nitrogens is 1. The van der Waals surface area contributed by atoms with Crippen LogP contribution < -0.4 is 5.32 Å². The number of rotatable bonds is 7. The zero-order chi connectivity index (χ0) is 11.9. The summed E-state index contributed by atoms with van der Waals surface area (Å²) in [4.78, 5) is 4.24. The molecule has 0 atom stereocenters. The lowest BCUT2D eigenvalue weighted by molar-refractivity contribution is 0.454. The summed E-state index contributed by atoms with van der Waals surface area (Å²) in [7, 11) is 0. The summed E-state index contributed by atoms with van der Waals surface area (Å²) < 4.78 is 5.26. The first-order valence-electron chi connectivity index (χ1n) is 5.61. The van der Waals surface area contributed by atoms with Crippen molar-refractivity contribution in [2.24, 2.45) is 0 Å². The van der Waals surface area contributed by atoms with Gasteiger partial charge in [-0.25, -0.2) is 4.98 Å². The highest BCUT2D eigenvalue weighted by Crippen LogP contribution is 2.15. The van der Waals surface area contributed by atoms with Crippen molar-refractivity contribution < 1.29 is 4.42 Å². The van der Waals surface area contributed by atoms with Crippen molar-refractivity contribution in [3.05, 3.63) is 34.3 Å². The summed E-state index contributed by atoms with van der Waals surface area (Å²) in [5.74, 6) is 0.990. The van der Waals surface area contributed by atoms with E-state index in [0.29, 0.717) is 0 Å². The number of oxazole rings is 1. The Morgan fingerprint density at radius 2 is 2.41 bits per heavy atom. The Morgan fingerprint density at radius 3 is 3.12 bits per heavy atom. The van der Waals surface area contributed by atoms with E-state index in [4.69, 9.17) is 4.42 Å². The molecule has 3 nitrogen and oxygen atoms in total. The Hall–Kier alpha value is -0.780. The van der Waals surface area contributed by atoms with Gasteiger partial charge in [0.2, 0.25) is 0 Å². The van der Waals surface area contributed by atoms with Gasteiger partial charge in [0.25, 0.3) is 5.22 Å². The van der Waals surface area contributed by atoms with Crippen LogP contribution >= 0.6 is 23.1 Å². The molecule has 5 heteroatoms. The van der Waals surface area contributed by atoms with Gasteiger partial charge >= 0.3 is 0 Å². The van der Waals surface area contributed by atoms with Crippen molar-refractivity contribution >= 4 is 23.1 Å². The van der Waals surface area contributed by atoms with Crippen LogP contribution in [0.2, 0.25) is 0 Å². The summed E-state index contributed by atoms with van der Waals surface area (Å²) in [6.07, 6.45) is 2.79. The van der Waals surface area contributed by atoms with Crippen molar-refractivity contribution in [1.29, 1.82) is 0 Å². The van der Waals surface area contributed by atoms with Crippen LogP contribution in [0.5, 0.6) is 0 Å². The van der Waals surface area contributed by atoms with E-state index in [1.807, 2.05) is 6.92 Å². The van der Waals surface area contributed by atoms with E-state index >= 15 is 0 Å². The fourth-order valence-electron chi connectivity index (χ4n) is 1.40. The first-order valence-corrected chi connectivity index (χ1v) is 7.54. The van der Waals surface area contributed by atoms with Crippen LogP contribution in [0, 0.1) is 6.92 Å². The molecule has 17 heavy (non-hydrogen) atoms. The minimum Gasteiger partial charge on any atom is -0.440 e. The molecule has 92 valence electrons. The Bertz CT molecular complexity index is 425. The molecule has 0 saturated heterocycles. The van der Waals surface area contributed by atoms with Gasteiger partial charge in [-0.2, -0.15) is 11.3 Å². The number of hydrogen-bond donors (Lipinski definition) is 1. The lowest BCUT2D eigenvalue weighted by Crippen LogP contribution is -2.19. The van der Waals surface area contributed by atoms with Crippen LogP contribution in [0.1, 0.15) is 11.3 Å². The molecular formula is C12H16N2OS2. The van der Waals surface area contributed by atoms with Crippen LogP contribution in [0.15, 0.2) is 32.7 Å². The third-order valence-corrected chi connectivity index (χ3v) is 3.85.